The Morgan fingerprint density at radius 3 is 2.08 bits per heavy atom. The zero-order valence-corrected chi connectivity index (χ0v) is 22.9. The summed E-state index contributed by atoms with van der Waals surface area (Å²) < 4.78 is 5.41. The monoisotopic (exact) mass is 513 g/mol. The van der Waals surface area contributed by atoms with Crippen LogP contribution in [0.1, 0.15) is 58.2 Å². The lowest BCUT2D eigenvalue weighted by Crippen LogP contribution is -2.55. The van der Waals surface area contributed by atoms with Gasteiger partial charge in [-0.3, -0.25) is 9.59 Å². The van der Waals surface area contributed by atoms with Gasteiger partial charge < -0.3 is 20.3 Å². The number of benzene rings is 2. The molecule has 0 aliphatic heterocycles. The van der Waals surface area contributed by atoms with E-state index >= 15 is 0 Å². The normalized spacial score (nSPS) is 13.0. The van der Waals surface area contributed by atoms with Gasteiger partial charge in [0.2, 0.25) is 11.8 Å². The van der Waals surface area contributed by atoms with Crippen LogP contribution in [0.3, 0.4) is 0 Å². The Bertz CT molecular complexity index is 977. The van der Waals surface area contributed by atoms with Gasteiger partial charge in [0.1, 0.15) is 17.7 Å². The van der Waals surface area contributed by atoms with Crippen molar-refractivity contribution in [3.8, 4) is 0 Å². The summed E-state index contributed by atoms with van der Waals surface area (Å²) >= 11 is 1.58. The maximum atomic E-state index is 14.0. The summed E-state index contributed by atoms with van der Waals surface area (Å²) in [5.41, 5.74) is 0.967. The predicted molar refractivity (Wildman–Crippen MR) is 146 cm³/mol. The van der Waals surface area contributed by atoms with Gasteiger partial charge in [-0.2, -0.15) is 11.8 Å². The highest BCUT2D eigenvalue weighted by molar-refractivity contribution is 7.98. The zero-order valence-electron chi connectivity index (χ0n) is 22.1. The third-order valence-corrected chi connectivity index (χ3v) is 6.01. The highest BCUT2D eigenvalue weighted by atomic mass is 32.2. The van der Waals surface area contributed by atoms with E-state index in [1.54, 1.807) is 37.4 Å². The molecule has 0 aromatic heterocycles. The maximum absolute atomic E-state index is 14.0. The molecular formula is C28H39N3O4S. The smallest absolute Gasteiger partial charge is 0.408 e. The van der Waals surface area contributed by atoms with E-state index in [-0.39, 0.29) is 17.9 Å². The van der Waals surface area contributed by atoms with Crippen molar-refractivity contribution in [3.05, 3.63) is 71.8 Å². The van der Waals surface area contributed by atoms with Crippen LogP contribution in [0.4, 0.5) is 4.79 Å². The van der Waals surface area contributed by atoms with Crippen molar-refractivity contribution >= 4 is 29.7 Å². The average Bonchev–Trinajstić information content (AvgIpc) is 2.83. The molecule has 8 heteroatoms. The van der Waals surface area contributed by atoms with Crippen molar-refractivity contribution in [1.29, 1.82) is 0 Å². The molecule has 2 atom stereocenters. The van der Waals surface area contributed by atoms with Crippen LogP contribution in [-0.4, -0.2) is 52.5 Å². The molecule has 0 aliphatic carbocycles. The van der Waals surface area contributed by atoms with E-state index < -0.39 is 23.8 Å². The number of carbonyl (C=O) groups excluding carboxylic acids is 3. The number of ether oxygens (including phenoxy) is 1. The van der Waals surface area contributed by atoms with Crippen LogP contribution in [0.2, 0.25) is 0 Å². The van der Waals surface area contributed by atoms with E-state index in [4.69, 9.17) is 4.74 Å². The molecule has 3 amide bonds. The lowest BCUT2D eigenvalue weighted by atomic mass is 10.0. The van der Waals surface area contributed by atoms with Crippen LogP contribution in [-0.2, 0) is 20.9 Å². The summed E-state index contributed by atoms with van der Waals surface area (Å²) in [6.45, 7) is 9.40. The molecule has 0 spiro atoms. The summed E-state index contributed by atoms with van der Waals surface area (Å²) in [4.78, 5) is 41.7. The summed E-state index contributed by atoms with van der Waals surface area (Å²) in [5, 5.41) is 5.74. The van der Waals surface area contributed by atoms with Gasteiger partial charge >= 0.3 is 6.09 Å². The second kappa shape index (κ2) is 13.9. The fourth-order valence-corrected chi connectivity index (χ4v) is 4.23. The molecule has 2 N–H and O–H groups in total. The highest BCUT2D eigenvalue weighted by Crippen LogP contribution is 2.26. The van der Waals surface area contributed by atoms with Crippen LogP contribution in [0.25, 0.3) is 0 Å². The Balaban J connectivity index is 2.37. The van der Waals surface area contributed by atoms with Gasteiger partial charge in [-0.1, -0.05) is 60.7 Å². The summed E-state index contributed by atoms with van der Waals surface area (Å²) in [6.07, 6.45) is 1.70. The van der Waals surface area contributed by atoms with Crippen molar-refractivity contribution in [3.63, 3.8) is 0 Å². The largest absolute Gasteiger partial charge is 0.444 e. The lowest BCUT2D eigenvalue weighted by molar-refractivity contribution is -0.144. The van der Waals surface area contributed by atoms with E-state index in [0.717, 1.165) is 5.56 Å². The fraction of sp³-hybridized carbons (Fsp3) is 0.464. The van der Waals surface area contributed by atoms with Crippen LogP contribution in [0.5, 0.6) is 0 Å². The van der Waals surface area contributed by atoms with Gasteiger partial charge in [0.25, 0.3) is 0 Å². The zero-order chi connectivity index (χ0) is 26.7. The highest BCUT2D eigenvalue weighted by Gasteiger charge is 2.37. The van der Waals surface area contributed by atoms with Crippen LogP contribution in [0.15, 0.2) is 60.7 Å². The first-order chi connectivity index (χ1) is 17.0. The van der Waals surface area contributed by atoms with Gasteiger partial charge in [0.05, 0.1) is 0 Å². The Hall–Kier alpha value is -3.00. The van der Waals surface area contributed by atoms with Crippen LogP contribution in [0, 0.1) is 0 Å². The van der Waals surface area contributed by atoms with E-state index in [9.17, 15) is 14.4 Å². The van der Waals surface area contributed by atoms with Gasteiger partial charge in [-0.05, 0) is 64.2 Å². The lowest BCUT2D eigenvalue weighted by Gasteiger charge is -2.37. The minimum Gasteiger partial charge on any atom is -0.444 e. The number of alkyl carbamates (subject to hydrolysis) is 1. The molecule has 196 valence electrons. The molecule has 2 rings (SSSR count). The third kappa shape index (κ3) is 9.22. The van der Waals surface area contributed by atoms with Gasteiger partial charge in [0.15, 0.2) is 0 Å². The molecule has 0 saturated carbocycles. The molecule has 0 radical (unpaired) electrons. The molecule has 2 aromatic carbocycles. The Kier molecular flexibility index (Phi) is 11.3. The summed E-state index contributed by atoms with van der Waals surface area (Å²) in [6, 6.07) is 16.9. The molecule has 2 unspecified atom stereocenters. The van der Waals surface area contributed by atoms with Gasteiger partial charge in [-0.25, -0.2) is 4.79 Å². The number of nitrogens with zero attached hydrogens (tertiary/aromatic N) is 1. The van der Waals surface area contributed by atoms with Gasteiger partial charge in [0, 0.05) is 12.6 Å². The Labute approximate surface area is 219 Å². The van der Waals surface area contributed by atoms with Crippen LogP contribution < -0.4 is 10.6 Å². The molecule has 0 bridgehead atoms. The first kappa shape index (κ1) is 29.2. The maximum Gasteiger partial charge on any atom is 0.408 e. The predicted octanol–water partition coefficient (Wildman–Crippen LogP) is 4.93. The number of carbonyl (C=O) groups is 3. The number of thioether (sulfide) groups is 1. The Morgan fingerprint density at radius 1 is 0.972 bits per heavy atom. The van der Waals surface area contributed by atoms with Crippen molar-refractivity contribution in [2.75, 3.05) is 12.0 Å². The second-order valence-corrected chi connectivity index (χ2v) is 10.8. The first-order valence-corrected chi connectivity index (χ1v) is 13.6. The molecular weight excluding hydrogens is 474 g/mol. The number of nitrogens with one attached hydrogen (secondary N) is 2. The topological polar surface area (TPSA) is 87.7 Å². The number of rotatable bonds is 11. The third-order valence-electron chi connectivity index (χ3n) is 5.36. The first-order valence-electron chi connectivity index (χ1n) is 12.2. The van der Waals surface area contributed by atoms with Crippen molar-refractivity contribution in [2.45, 2.75) is 71.3 Å². The summed E-state index contributed by atoms with van der Waals surface area (Å²) in [5.74, 6) is 0.0514. The fourth-order valence-electron chi connectivity index (χ4n) is 3.76. The minimum atomic E-state index is -0.861. The number of amides is 3. The van der Waals surface area contributed by atoms with E-state index in [2.05, 4.69) is 10.6 Å². The van der Waals surface area contributed by atoms with E-state index in [1.165, 1.54) is 0 Å². The van der Waals surface area contributed by atoms with Crippen molar-refractivity contribution in [2.24, 2.45) is 0 Å². The second-order valence-electron chi connectivity index (χ2n) is 9.84. The molecule has 0 fully saturated rings. The van der Waals surface area contributed by atoms with E-state index in [0.29, 0.717) is 24.3 Å². The average molecular weight is 514 g/mol. The molecule has 0 saturated heterocycles. The molecule has 7 nitrogen and oxygen atoms in total. The van der Waals surface area contributed by atoms with Crippen molar-refractivity contribution < 1.29 is 19.1 Å². The molecule has 36 heavy (non-hydrogen) atoms. The van der Waals surface area contributed by atoms with Crippen LogP contribution >= 0.6 is 11.8 Å². The molecule has 0 heterocycles. The molecule has 2 aromatic rings. The quantitative estimate of drug-likeness (QED) is 0.445. The number of hydrogen-bond acceptors (Lipinski definition) is 5. The minimum absolute atomic E-state index is 0.284. The van der Waals surface area contributed by atoms with Gasteiger partial charge in [-0.15, -0.1) is 0 Å². The summed E-state index contributed by atoms with van der Waals surface area (Å²) in [7, 11) is 0. The van der Waals surface area contributed by atoms with Crippen molar-refractivity contribution in [1.82, 2.24) is 15.5 Å². The standard InChI is InChI=1S/C28H39N3O4S/c1-20(2)31(26(33)23(17-18-36-6)30-27(34)35-28(3,4)5)24(22-15-11-8-12-16-22)25(32)29-19-21-13-9-7-10-14-21/h7-16,20,23-24H,17-19H2,1-6H3,(H,29,32)(H,30,34). The number of hydrogen-bond donors (Lipinski definition) is 2. The Morgan fingerprint density at radius 2 is 1.56 bits per heavy atom. The molecule has 0 aliphatic rings. The van der Waals surface area contributed by atoms with E-state index in [1.807, 2.05) is 80.8 Å². The SMILES string of the molecule is CSCCC(NC(=O)OC(C)(C)C)C(=O)N(C(C)C)C(C(=O)NCc1ccccc1)c1ccccc1.